The lowest BCUT2D eigenvalue weighted by atomic mass is 10.1. The van der Waals surface area contributed by atoms with E-state index < -0.39 is 5.97 Å². The van der Waals surface area contributed by atoms with Crippen molar-refractivity contribution in [3.8, 4) is 11.5 Å². The van der Waals surface area contributed by atoms with Crippen LogP contribution in [0.1, 0.15) is 28.4 Å². The van der Waals surface area contributed by atoms with E-state index in [4.69, 9.17) is 26.8 Å². The number of hydrazone groups is 1. The second-order valence-electron chi connectivity index (χ2n) is 5.43. The third kappa shape index (κ3) is 6.27. The van der Waals surface area contributed by atoms with Crippen molar-refractivity contribution in [3.63, 3.8) is 0 Å². The Morgan fingerprint density at radius 1 is 1.22 bits per heavy atom. The molecule has 0 aliphatic rings. The van der Waals surface area contributed by atoms with Crippen LogP contribution >= 0.6 is 12.2 Å². The van der Waals surface area contributed by atoms with E-state index in [9.17, 15) is 4.79 Å². The number of carboxylic acids is 1. The highest BCUT2D eigenvalue weighted by atomic mass is 32.1. The normalized spacial score (nSPS) is 10.4. The van der Waals surface area contributed by atoms with Crippen LogP contribution in [0, 0.1) is 0 Å². The Labute approximate surface area is 163 Å². The number of hydrogen-bond donors (Lipinski definition) is 3. The number of rotatable bonds is 8. The largest absolute Gasteiger partial charge is 0.493 e. The maximum atomic E-state index is 10.9. The summed E-state index contributed by atoms with van der Waals surface area (Å²) >= 11 is 5.03. The van der Waals surface area contributed by atoms with E-state index in [-0.39, 0.29) is 5.56 Å². The van der Waals surface area contributed by atoms with Gasteiger partial charge in [0.2, 0.25) is 0 Å². The number of thiocarbonyl (C=S) groups is 1. The quantitative estimate of drug-likeness (QED) is 0.364. The number of nitrogens with zero attached hydrogens (tertiary/aromatic N) is 1. The molecule has 0 amide bonds. The first kappa shape index (κ1) is 20.2. The third-order valence-corrected chi connectivity index (χ3v) is 3.74. The molecule has 0 saturated carbocycles. The summed E-state index contributed by atoms with van der Waals surface area (Å²) in [5.74, 6) is 0.186. The highest BCUT2D eigenvalue weighted by Gasteiger charge is 2.07. The number of benzene rings is 2. The van der Waals surface area contributed by atoms with Gasteiger partial charge in [-0.2, -0.15) is 5.10 Å². The van der Waals surface area contributed by atoms with Gasteiger partial charge in [-0.1, -0.05) is 12.1 Å². The summed E-state index contributed by atoms with van der Waals surface area (Å²) < 4.78 is 11.1. The van der Waals surface area contributed by atoms with Gasteiger partial charge in [0.1, 0.15) is 6.61 Å². The van der Waals surface area contributed by atoms with Gasteiger partial charge in [0.25, 0.3) is 0 Å². The molecule has 2 aromatic rings. The summed E-state index contributed by atoms with van der Waals surface area (Å²) in [6.45, 7) is 2.96. The minimum Gasteiger partial charge on any atom is -0.493 e. The van der Waals surface area contributed by atoms with E-state index in [1.807, 2.05) is 13.0 Å². The zero-order chi connectivity index (χ0) is 19.6. The minimum atomic E-state index is -0.956. The molecule has 2 rings (SSSR count). The number of aromatic carboxylic acids is 1. The number of carbonyl (C=O) groups is 1. The molecule has 0 aromatic heterocycles. The highest BCUT2D eigenvalue weighted by Crippen LogP contribution is 2.28. The SMILES string of the molecule is CCNC(=S)NN=Cc1ccc(OCc2ccc(C(=O)O)cc2)c(OC)c1. The molecular weight excluding hydrogens is 366 g/mol. The van der Waals surface area contributed by atoms with Crippen molar-refractivity contribution in [2.75, 3.05) is 13.7 Å². The van der Waals surface area contributed by atoms with Gasteiger partial charge in [-0.25, -0.2) is 4.79 Å². The van der Waals surface area contributed by atoms with Crippen LogP contribution < -0.4 is 20.2 Å². The van der Waals surface area contributed by atoms with Crippen molar-refractivity contribution in [2.24, 2.45) is 5.10 Å². The predicted molar refractivity (Wildman–Crippen MR) is 108 cm³/mol. The number of ether oxygens (including phenoxy) is 2. The van der Waals surface area contributed by atoms with Gasteiger partial charge < -0.3 is 19.9 Å². The van der Waals surface area contributed by atoms with Crippen LogP contribution in [-0.2, 0) is 6.61 Å². The molecule has 0 spiro atoms. The first-order valence-electron chi connectivity index (χ1n) is 8.23. The molecule has 0 fully saturated rings. The monoisotopic (exact) mass is 387 g/mol. The van der Waals surface area contributed by atoms with Crippen molar-refractivity contribution >= 4 is 29.5 Å². The van der Waals surface area contributed by atoms with E-state index in [1.54, 1.807) is 49.7 Å². The van der Waals surface area contributed by atoms with Crippen LogP contribution in [0.3, 0.4) is 0 Å². The van der Waals surface area contributed by atoms with Crippen LogP contribution in [0.25, 0.3) is 0 Å². The Bertz CT molecular complexity index is 822. The molecule has 0 heterocycles. The summed E-state index contributed by atoms with van der Waals surface area (Å²) in [6.07, 6.45) is 1.63. The molecular formula is C19H21N3O4S. The van der Waals surface area contributed by atoms with Crippen LogP contribution in [0.4, 0.5) is 0 Å². The lowest BCUT2D eigenvalue weighted by Gasteiger charge is -2.11. The van der Waals surface area contributed by atoms with Crippen LogP contribution in [0.2, 0.25) is 0 Å². The molecule has 0 aliphatic carbocycles. The molecule has 142 valence electrons. The predicted octanol–water partition coefficient (Wildman–Crippen LogP) is 2.79. The number of hydrogen-bond acceptors (Lipinski definition) is 5. The molecule has 2 aromatic carbocycles. The molecule has 27 heavy (non-hydrogen) atoms. The first-order chi connectivity index (χ1) is 13.0. The second-order valence-corrected chi connectivity index (χ2v) is 5.84. The number of carboxylic acid groups (broad SMARTS) is 1. The lowest BCUT2D eigenvalue weighted by molar-refractivity contribution is 0.0697. The van der Waals surface area contributed by atoms with Crippen molar-refractivity contribution in [1.29, 1.82) is 0 Å². The molecule has 3 N–H and O–H groups in total. The van der Waals surface area contributed by atoms with Crippen LogP contribution in [0.5, 0.6) is 11.5 Å². The molecule has 0 radical (unpaired) electrons. The van der Waals surface area contributed by atoms with Gasteiger partial charge in [-0.15, -0.1) is 0 Å². The Hall–Kier alpha value is -3.13. The Kier molecular flexibility index (Phi) is 7.57. The average molecular weight is 387 g/mol. The van der Waals surface area contributed by atoms with Gasteiger partial charge in [-0.3, -0.25) is 5.43 Å². The fourth-order valence-electron chi connectivity index (χ4n) is 2.15. The van der Waals surface area contributed by atoms with Gasteiger partial charge >= 0.3 is 5.97 Å². The van der Waals surface area contributed by atoms with Gasteiger partial charge in [-0.05, 0) is 60.6 Å². The van der Waals surface area contributed by atoms with E-state index >= 15 is 0 Å². The minimum absolute atomic E-state index is 0.238. The summed E-state index contributed by atoms with van der Waals surface area (Å²) in [7, 11) is 1.56. The molecule has 7 nitrogen and oxygen atoms in total. The first-order valence-corrected chi connectivity index (χ1v) is 8.64. The number of nitrogens with one attached hydrogen (secondary N) is 2. The van der Waals surface area contributed by atoms with E-state index in [0.717, 1.165) is 17.7 Å². The summed E-state index contributed by atoms with van der Waals surface area (Å²) in [4.78, 5) is 10.9. The summed E-state index contributed by atoms with van der Waals surface area (Å²) in [5, 5.41) is 16.4. The standard InChI is InChI=1S/C19H21N3O4S/c1-3-20-19(27)22-21-11-14-6-9-16(17(10-14)25-2)26-12-13-4-7-15(8-5-13)18(23)24/h4-11H,3,12H2,1-2H3,(H,23,24)(H2,20,22,27). The molecule has 0 unspecified atom stereocenters. The van der Waals surface area contributed by atoms with E-state index in [1.165, 1.54) is 0 Å². The van der Waals surface area contributed by atoms with Crippen molar-refractivity contribution in [2.45, 2.75) is 13.5 Å². The molecule has 0 saturated heterocycles. The van der Waals surface area contributed by atoms with Gasteiger partial charge in [0, 0.05) is 6.54 Å². The topological polar surface area (TPSA) is 92.2 Å². The Morgan fingerprint density at radius 3 is 2.59 bits per heavy atom. The van der Waals surface area contributed by atoms with Gasteiger partial charge in [0.05, 0.1) is 18.9 Å². The van der Waals surface area contributed by atoms with Gasteiger partial charge in [0.15, 0.2) is 16.6 Å². The maximum Gasteiger partial charge on any atom is 0.335 e. The third-order valence-electron chi connectivity index (χ3n) is 3.50. The van der Waals surface area contributed by atoms with Crippen LogP contribution in [-0.4, -0.2) is 36.1 Å². The molecule has 0 aliphatic heterocycles. The highest BCUT2D eigenvalue weighted by molar-refractivity contribution is 7.80. The van der Waals surface area contributed by atoms with E-state index in [2.05, 4.69) is 15.8 Å². The van der Waals surface area contributed by atoms with Crippen molar-refractivity contribution in [1.82, 2.24) is 10.7 Å². The van der Waals surface area contributed by atoms with E-state index in [0.29, 0.717) is 23.2 Å². The zero-order valence-electron chi connectivity index (χ0n) is 15.1. The smallest absolute Gasteiger partial charge is 0.335 e. The fourth-order valence-corrected chi connectivity index (χ4v) is 2.35. The van der Waals surface area contributed by atoms with Crippen molar-refractivity contribution < 1.29 is 19.4 Å². The zero-order valence-corrected chi connectivity index (χ0v) is 15.9. The fraction of sp³-hybridized carbons (Fsp3) is 0.211. The van der Waals surface area contributed by atoms with Crippen LogP contribution in [0.15, 0.2) is 47.6 Å². The maximum absolute atomic E-state index is 10.9. The summed E-state index contributed by atoms with van der Waals surface area (Å²) in [5.41, 5.74) is 4.63. The van der Waals surface area contributed by atoms with Crippen molar-refractivity contribution in [3.05, 3.63) is 59.2 Å². The summed E-state index contributed by atoms with van der Waals surface area (Å²) in [6, 6.07) is 11.9. The Balaban J connectivity index is 2.00. The average Bonchev–Trinajstić information content (AvgIpc) is 2.67. The lowest BCUT2D eigenvalue weighted by Crippen LogP contribution is -2.31. The molecule has 0 bridgehead atoms. The molecule has 8 heteroatoms. The second kappa shape index (κ2) is 10.1. The molecule has 0 atom stereocenters. The number of methoxy groups -OCH3 is 1. The Morgan fingerprint density at radius 2 is 1.96 bits per heavy atom.